The normalized spacial score (nSPS) is 19.2. The van der Waals surface area contributed by atoms with Gasteiger partial charge in [0.15, 0.2) is 5.78 Å². The molecule has 0 radical (unpaired) electrons. The van der Waals surface area contributed by atoms with Crippen molar-refractivity contribution in [3.8, 4) is 0 Å². The summed E-state index contributed by atoms with van der Waals surface area (Å²) >= 11 is 18.7. The van der Waals surface area contributed by atoms with Crippen molar-refractivity contribution in [2.75, 3.05) is 5.32 Å². The first-order valence-electron chi connectivity index (χ1n) is 13.4. The number of carbonyl (C=O) groups is 4. The first-order valence-corrected chi connectivity index (χ1v) is 14.5. The number of amides is 1. The average Bonchev–Trinajstić information content (AvgIpc) is 3.52. The van der Waals surface area contributed by atoms with Crippen LogP contribution in [-0.4, -0.2) is 27.6 Å². The molecule has 2 fully saturated rings. The lowest BCUT2D eigenvalue weighted by Gasteiger charge is -2.22. The van der Waals surface area contributed by atoms with Gasteiger partial charge in [0.05, 0.1) is 16.5 Å². The third kappa shape index (κ3) is 6.62. The standard InChI is InChI=1S/C31H20Cl3F6NO4/c32-21-4-3-16(41-29(45)27-26(30(27,33)34)13-1-6-23(36)20(9-13)31(38,39)40)11-18(21)25(44)10-14-2-5-22(35)19(28(14)37)12-24(43)15-7-17(42)8-15/h1-6,9,11,15,26-27H,7-8,10,12H2,(H,41,45)/t26-,27+/m0/s1. The van der Waals surface area contributed by atoms with Crippen molar-refractivity contribution in [2.45, 2.75) is 42.1 Å². The number of hydrogen-bond acceptors (Lipinski definition) is 4. The van der Waals surface area contributed by atoms with Crippen molar-refractivity contribution < 1.29 is 45.5 Å². The Balaban J connectivity index is 1.31. The maximum Gasteiger partial charge on any atom is 0.419 e. The van der Waals surface area contributed by atoms with Crippen LogP contribution in [0.4, 0.5) is 32.0 Å². The van der Waals surface area contributed by atoms with Crippen LogP contribution in [0, 0.1) is 29.3 Å². The van der Waals surface area contributed by atoms with E-state index in [1.165, 1.54) is 18.2 Å². The Bertz CT molecular complexity index is 1750. The largest absolute Gasteiger partial charge is 0.419 e. The molecular formula is C31H20Cl3F6NO4. The summed E-state index contributed by atoms with van der Waals surface area (Å²) in [7, 11) is 0. The molecule has 5 rings (SSSR count). The van der Waals surface area contributed by atoms with E-state index in [9.17, 15) is 41.1 Å². The number of alkyl halides is 5. The Labute approximate surface area is 266 Å². The molecule has 0 saturated heterocycles. The van der Waals surface area contributed by atoms with Crippen LogP contribution >= 0.6 is 34.8 Å². The fourth-order valence-electron chi connectivity index (χ4n) is 5.31. The average molecular weight is 691 g/mol. The summed E-state index contributed by atoms with van der Waals surface area (Å²) in [6.45, 7) is 0. The Hall–Kier alpha value is -3.41. The fourth-order valence-corrected chi connectivity index (χ4v) is 6.36. The van der Waals surface area contributed by atoms with Crippen LogP contribution in [0.25, 0.3) is 0 Å². The molecule has 5 nitrogen and oxygen atoms in total. The second kappa shape index (κ2) is 12.1. The van der Waals surface area contributed by atoms with Gasteiger partial charge in [0, 0.05) is 54.3 Å². The molecule has 2 atom stereocenters. The van der Waals surface area contributed by atoms with E-state index in [2.05, 4.69) is 5.32 Å². The molecule has 0 heterocycles. The molecule has 3 aromatic rings. The van der Waals surface area contributed by atoms with E-state index in [0.717, 1.165) is 18.2 Å². The molecule has 3 aromatic carbocycles. The lowest BCUT2D eigenvalue weighted by Crippen LogP contribution is -2.31. The maximum absolute atomic E-state index is 15.2. The maximum atomic E-state index is 15.2. The van der Waals surface area contributed by atoms with Gasteiger partial charge in [-0.3, -0.25) is 19.2 Å². The predicted octanol–water partition coefficient (Wildman–Crippen LogP) is 7.82. The molecule has 2 aliphatic rings. The Morgan fingerprint density at radius 2 is 1.58 bits per heavy atom. The number of nitrogens with one attached hydrogen (secondary N) is 1. The number of benzene rings is 3. The second-order valence-corrected chi connectivity index (χ2v) is 12.8. The number of Topliss-reactive ketones (excluding diaryl/α,β-unsaturated/α-hetero) is 3. The lowest BCUT2D eigenvalue weighted by molar-refractivity contribution is -0.140. The summed E-state index contributed by atoms with van der Waals surface area (Å²) in [6.07, 6.45) is -6.12. The van der Waals surface area contributed by atoms with E-state index in [0.29, 0.717) is 12.1 Å². The molecule has 0 bridgehead atoms. The molecule has 45 heavy (non-hydrogen) atoms. The summed E-state index contributed by atoms with van der Waals surface area (Å²) in [6, 6.07) is 7.94. The third-order valence-corrected chi connectivity index (χ3v) is 9.17. The van der Waals surface area contributed by atoms with Crippen LogP contribution in [0.15, 0.2) is 48.5 Å². The lowest BCUT2D eigenvalue weighted by atomic mass is 9.79. The number of anilines is 1. The Morgan fingerprint density at radius 1 is 0.911 bits per heavy atom. The number of ketones is 3. The highest BCUT2D eigenvalue weighted by molar-refractivity contribution is 6.53. The molecule has 0 spiro atoms. The zero-order valence-corrected chi connectivity index (χ0v) is 25.0. The second-order valence-electron chi connectivity index (χ2n) is 10.9. The molecule has 0 unspecified atom stereocenters. The molecule has 0 aliphatic heterocycles. The van der Waals surface area contributed by atoms with E-state index in [1.54, 1.807) is 0 Å². The van der Waals surface area contributed by atoms with Gasteiger partial charge in [-0.2, -0.15) is 13.2 Å². The fraction of sp³-hybridized carbons (Fsp3) is 0.290. The van der Waals surface area contributed by atoms with Gasteiger partial charge in [0.25, 0.3) is 0 Å². The van der Waals surface area contributed by atoms with Crippen LogP contribution in [0.1, 0.15) is 51.4 Å². The van der Waals surface area contributed by atoms with Crippen LogP contribution in [-0.2, 0) is 33.4 Å². The minimum Gasteiger partial charge on any atom is -0.326 e. The first-order chi connectivity index (χ1) is 21.0. The minimum absolute atomic E-state index is 0.0228. The van der Waals surface area contributed by atoms with E-state index in [1.807, 2.05) is 0 Å². The van der Waals surface area contributed by atoms with Gasteiger partial charge in [-0.15, -0.1) is 23.2 Å². The van der Waals surface area contributed by atoms with Gasteiger partial charge < -0.3 is 5.32 Å². The monoisotopic (exact) mass is 689 g/mol. The smallest absolute Gasteiger partial charge is 0.326 e. The quantitative estimate of drug-likeness (QED) is 0.141. The van der Waals surface area contributed by atoms with E-state index >= 15 is 4.39 Å². The van der Waals surface area contributed by atoms with Gasteiger partial charge >= 0.3 is 6.18 Å². The summed E-state index contributed by atoms with van der Waals surface area (Å²) in [5, 5.41) is 2.41. The predicted molar refractivity (Wildman–Crippen MR) is 153 cm³/mol. The van der Waals surface area contributed by atoms with Gasteiger partial charge in [0.1, 0.15) is 33.4 Å². The molecule has 0 aromatic heterocycles. The highest BCUT2D eigenvalue weighted by atomic mass is 35.5. The van der Waals surface area contributed by atoms with Crippen molar-refractivity contribution in [1.29, 1.82) is 0 Å². The topological polar surface area (TPSA) is 80.3 Å². The summed E-state index contributed by atoms with van der Waals surface area (Å²) in [5.74, 6) is -8.64. The number of halogens is 9. The third-order valence-electron chi connectivity index (χ3n) is 7.90. The molecule has 236 valence electrons. The molecule has 1 amide bonds. The van der Waals surface area contributed by atoms with Crippen LogP contribution in [0.3, 0.4) is 0 Å². The summed E-state index contributed by atoms with van der Waals surface area (Å²) in [5.41, 5.74) is -2.51. The highest BCUT2D eigenvalue weighted by Gasteiger charge is 2.67. The minimum atomic E-state index is -4.99. The highest BCUT2D eigenvalue weighted by Crippen LogP contribution is 2.65. The number of hydrogen-bond donors (Lipinski definition) is 1. The Kier molecular flexibility index (Phi) is 8.85. The first kappa shape index (κ1) is 33.0. The molecule has 14 heteroatoms. The molecular weight excluding hydrogens is 671 g/mol. The summed E-state index contributed by atoms with van der Waals surface area (Å²) in [4.78, 5) is 49.7. The van der Waals surface area contributed by atoms with Crippen molar-refractivity contribution in [3.63, 3.8) is 0 Å². The van der Waals surface area contributed by atoms with Crippen LogP contribution in [0.2, 0.25) is 5.02 Å². The van der Waals surface area contributed by atoms with Crippen LogP contribution < -0.4 is 5.32 Å². The van der Waals surface area contributed by atoms with Gasteiger partial charge in [-0.25, -0.2) is 13.2 Å². The molecule has 1 N–H and O–H groups in total. The van der Waals surface area contributed by atoms with Crippen molar-refractivity contribution in [2.24, 2.45) is 11.8 Å². The van der Waals surface area contributed by atoms with Gasteiger partial charge in [0.2, 0.25) is 5.91 Å². The zero-order valence-electron chi connectivity index (χ0n) is 22.7. The van der Waals surface area contributed by atoms with E-state index in [-0.39, 0.29) is 46.0 Å². The van der Waals surface area contributed by atoms with Crippen LogP contribution in [0.5, 0.6) is 0 Å². The van der Waals surface area contributed by atoms with Gasteiger partial charge in [-0.05, 0) is 47.5 Å². The van der Waals surface area contributed by atoms with Crippen molar-refractivity contribution in [3.05, 3.63) is 98.8 Å². The number of carbonyl (C=O) groups excluding carboxylic acids is 4. The van der Waals surface area contributed by atoms with Crippen molar-refractivity contribution in [1.82, 2.24) is 0 Å². The summed E-state index contributed by atoms with van der Waals surface area (Å²) < 4.78 is 81.2. The number of rotatable bonds is 9. The Morgan fingerprint density at radius 3 is 2.22 bits per heavy atom. The molecule has 2 aliphatic carbocycles. The van der Waals surface area contributed by atoms with E-state index < -0.39 is 87.2 Å². The molecule has 2 saturated carbocycles. The zero-order chi connectivity index (χ0) is 33.0. The SMILES string of the molecule is O=C1CC(C(=O)Cc2c(F)ccc(CC(=O)c3cc(NC(=O)[C@H]4[C@H](c5ccc(F)c(C(F)(F)F)c5)C4(Cl)Cl)ccc3Cl)c2F)C1. The van der Waals surface area contributed by atoms with E-state index in [4.69, 9.17) is 34.8 Å². The van der Waals surface area contributed by atoms with Crippen molar-refractivity contribution >= 4 is 63.7 Å². The van der Waals surface area contributed by atoms with Gasteiger partial charge in [-0.1, -0.05) is 23.7 Å².